The molecule has 5 aliphatic rings. The molecule has 5 rings (SSSR count). The van der Waals surface area contributed by atoms with Crippen molar-refractivity contribution in [2.45, 2.75) is 221 Å². The van der Waals surface area contributed by atoms with Crippen LogP contribution in [0.4, 0.5) is 0 Å². The van der Waals surface area contributed by atoms with Crippen molar-refractivity contribution in [3.8, 4) is 6.07 Å². The Bertz CT molecular complexity index is 1480. The van der Waals surface area contributed by atoms with Crippen molar-refractivity contribution in [3.05, 3.63) is 11.6 Å². The van der Waals surface area contributed by atoms with Crippen LogP contribution in [0.3, 0.4) is 0 Å². The second-order valence-electron chi connectivity index (χ2n) is 21.6. The van der Waals surface area contributed by atoms with E-state index < -0.39 is 8.53 Å². The van der Waals surface area contributed by atoms with E-state index in [1.165, 1.54) is 70.6 Å². The van der Waals surface area contributed by atoms with Crippen molar-refractivity contribution in [2.75, 3.05) is 25.4 Å². The maximum atomic E-state index is 13.4. The number of unbranched alkanes of at least 4 members (excludes halogenated alkanes) is 2. The van der Waals surface area contributed by atoms with Gasteiger partial charge in [-0.25, -0.2) is 4.67 Å². The standard InChI is InChI=1S/C51H89N4O4PS2/c1-11-41-34-42(59-60(58-31-16-29-52)55(37(4)5)38(6)7)35-54(41)49(57)19-13-12-14-30-53-48(56)26-32-61-62-43-24-27-50(9)40(33-43)20-21-44-46-23-22-45(39(8)18-15-17-36(2)3)51(46,10)28-25-47(44)50/h20,36-39,41-47H,11-19,21-28,30-35H2,1-10H3,(H,53,56)/t39-,41-,42-,43+,44?,45-,46?,47?,50+,51-,60?/m1/s1. The number of nitrogens with zero attached hydrogens (tertiary/aromatic N) is 3. The molecule has 11 heteroatoms. The lowest BCUT2D eigenvalue weighted by Gasteiger charge is -2.58. The van der Waals surface area contributed by atoms with Crippen molar-refractivity contribution < 1.29 is 18.6 Å². The number of nitrogens with one attached hydrogen (secondary N) is 1. The second kappa shape index (κ2) is 24.8. The summed E-state index contributed by atoms with van der Waals surface area (Å²) in [6, 6.07) is 2.83. The van der Waals surface area contributed by atoms with Gasteiger partial charge in [0.2, 0.25) is 11.8 Å². The molecule has 1 heterocycles. The van der Waals surface area contributed by atoms with Gasteiger partial charge in [0.1, 0.15) is 0 Å². The second-order valence-corrected chi connectivity index (χ2v) is 25.8. The van der Waals surface area contributed by atoms with Gasteiger partial charge in [0.15, 0.2) is 0 Å². The van der Waals surface area contributed by atoms with Crippen LogP contribution in [0.15, 0.2) is 11.6 Å². The Morgan fingerprint density at radius 1 is 0.984 bits per heavy atom. The zero-order valence-corrected chi connectivity index (χ0v) is 43.5. The first-order valence-electron chi connectivity index (χ1n) is 25.4. The number of amides is 2. The molecule has 1 saturated heterocycles. The molecule has 0 aromatic carbocycles. The number of fused-ring (bicyclic) bond motifs is 5. The zero-order chi connectivity index (χ0) is 45.0. The van der Waals surface area contributed by atoms with Crippen LogP contribution in [0.25, 0.3) is 0 Å². The molecular weight excluding hydrogens is 828 g/mol. The summed E-state index contributed by atoms with van der Waals surface area (Å²) in [5.41, 5.74) is 2.72. The van der Waals surface area contributed by atoms with Crippen molar-refractivity contribution in [3.63, 3.8) is 0 Å². The van der Waals surface area contributed by atoms with Crippen molar-refractivity contribution >= 4 is 41.9 Å². The molecule has 0 bridgehead atoms. The van der Waals surface area contributed by atoms with Gasteiger partial charge in [-0.3, -0.25) is 9.59 Å². The summed E-state index contributed by atoms with van der Waals surface area (Å²) >= 11 is 0. The number of carbonyl (C=O) groups excluding carboxylic acids is 2. The highest BCUT2D eigenvalue weighted by molar-refractivity contribution is 8.76. The van der Waals surface area contributed by atoms with E-state index in [0.717, 1.165) is 73.4 Å². The normalized spacial score (nSPS) is 31.8. The zero-order valence-electron chi connectivity index (χ0n) is 40.9. The van der Waals surface area contributed by atoms with Crippen LogP contribution in [0.5, 0.6) is 0 Å². The molecular formula is C51H89N4O4PS2. The van der Waals surface area contributed by atoms with Crippen LogP contribution in [0.1, 0.15) is 191 Å². The third kappa shape index (κ3) is 13.4. The third-order valence-electron chi connectivity index (χ3n) is 16.3. The van der Waals surface area contributed by atoms with E-state index in [1.54, 1.807) is 5.57 Å². The molecule has 0 aromatic rings. The highest BCUT2D eigenvalue weighted by atomic mass is 33.1. The summed E-state index contributed by atoms with van der Waals surface area (Å²) in [5, 5.41) is 12.9. The third-order valence-corrected chi connectivity index (χ3v) is 21.4. The van der Waals surface area contributed by atoms with Gasteiger partial charge < -0.3 is 19.3 Å². The summed E-state index contributed by atoms with van der Waals surface area (Å²) < 4.78 is 15.0. The minimum absolute atomic E-state index is 0.0726. The molecule has 4 aliphatic carbocycles. The van der Waals surface area contributed by atoms with Crippen molar-refractivity contribution in [2.24, 2.45) is 46.3 Å². The summed E-state index contributed by atoms with van der Waals surface area (Å²) in [5.74, 6) is 6.51. The van der Waals surface area contributed by atoms with Gasteiger partial charge in [0, 0.05) is 55.1 Å². The fraction of sp³-hybridized carbons (Fsp3) is 0.902. The summed E-state index contributed by atoms with van der Waals surface area (Å²) in [4.78, 5) is 28.1. The molecule has 8 nitrogen and oxygen atoms in total. The number of rotatable bonds is 25. The number of hydrogen-bond donors (Lipinski definition) is 1. The number of nitriles is 1. The Kier molecular flexibility index (Phi) is 20.9. The van der Waals surface area contributed by atoms with Gasteiger partial charge in [-0.05, 0) is 151 Å². The van der Waals surface area contributed by atoms with Crippen molar-refractivity contribution in [1.82, 2.24) is 14.9 Å². The lowest BCUT2D eigenvalue weighted by molar-refractivity contribution is -0.132. The topological polar surface area (TPSA) is 94.9 Å². The van der Waals surface area contributed by atoms with E-state index in [2.05, 4.69) is 91.4 Å². The van der Waals surface area contributed by atoms with Gasteiger partial charge >= 0.3 is 0 Å². The van der Waals surface area contributed by atoms with Gasteiger partial charge in [-0.2, -0.15) is 5.26 Å². The molecule has 354 valence electrons. The summed E-state index contributed by atoms with van der Waals surface area (Å²) in [6.45, 7) is 25.0. The summed E-state index contributed by atoms with van der Waals surface area (Å²) in [7, 11) is 2.62. The monoisotopic (exact) mass is 917 g/mol. The van der Waals surface area contributed by atoms with Crippen LogP contribution >= 0.6 is 30.1 Å². The maximum absolute atomic E-state index is 13.4. The summed E-state index contributed by atoms with van der Waals surface area (Å²) in [6.07, 6.45) is 23.7. The molecule has 0 radical (unpaired) electrons. The van der Waals surface area contributed by atoms with Gasteiger partial charge in [-0.15, -0.1) is 0 Å². The number of hydrogen-bond acceptors (Lipinski definition) is 8. The van der Waals surface area contributed by atoms with E-state index in [4.69, 9.17) is 14.3 Å². The molecule has 3 saturated carbocycles. The first-order valence-corrected chi connectivity index (χ1v) is 28.9. The minimum Gasteiger partial charge on any atom is -0.356 e. The average molecular weight is 917 g/mol. The number of likely N-dealkylation sites (tertiary alicyclic amines) is 1. The van der Waals surface area contributed by atoms with Crippen LogP contribution < -0.4 is 5.32 Å². The highest BCUT2D eigenvalue weighted by Gasteiger charge is 2.59. The molecule has 1 aliphatic heterocycles. The SMILES string of the molecule is CC[C@@H]1C[C@@H](OP(OCCC#N)N(C(C)C)C(C)C)CN1C(=O)CCCCCNC(=O)CCSS[C@H]1CC[C@@]2(C)C(=CCC3C2CC[C@@]2(C)C3CC[C@@H]2[C@H](C)CCCC(C)C)C1. The Morgan fingerprint density at radius 2 is 1.76 bits per heavy atom. The van der Waals surface area contributed by atoms with E-state index in [9.17, 15) is 9.59 Å². The Labute approximate surface area is 389 Å². The first-order chi connectivity index (χ1) is 29.6. The lowest BCUT2D eigenvalue weighted by atomic mass is 9.47. The van der Waals surface area contributed by atoms with E-state index in [-0.39, 0.29) is 36.0 Å². The molecule has 1 N–H and O–H groups in total. The van der Waals surface area contributed by atoms with E-state index >= 15 is 0 Å². The van der Waals surface area contributed by atoms with Gasteiger partial charge in [0.25, 0.3) is 8.53 Å². The number of allylic oxidation sites excluding steroid dienone is 2. The van der Waals surface area contributed by atoms with Gasteiger partial charge in [0.05, 0.1) is 25.2 Å². The highest BCUT2D eigenvalue weighted by Crippen LogP contribution is 2.68. The fourth-order valence-electron chi connectivity index (χ4n) is 13.1. The molecule has 62 heavy (non-hydrogen) atoms. The first kappa shape index (κ1) is 52.2. The maximum Gasteiger partial charge on any atom is 0.259 e. The average Bonchev–Trinajstić information content (AvgIpc) is 3.81. The van der Waals surface area contributed by atoms with Crippen LogP contribution in [-0.2, 0) is 18.6 Å². The van der Waals surface area contributed by atoms with Crippen LogP contribution in [0.2, 0.25) is 0 Å². The molecule has 4 unspecified atom stereocenters. The van der Waals surface area contributed by atoms with Gasteiger partial charge in [-0.1, -0.05) is 100 Å². The Balaban J connectivity index is 0.951. The van der Waals surface area contributed by atoms with Crippen molar-refractivity contribution in [1.29, 1.82) is 5.26 Å². The Morgan fingerprint density at radius 3 is 2.47 bits per heavy atom. The largest absolute Gasteiger partial charge is 0.356 e. The molecule has 4 fully saturated rings. The fourth-order valence-corrected chi connectivity index (χ4v) is 17.5. The minimum atomic E-state index is -1.33. The molecule has 2 amide bonds. The molecule has 0 aromatic heterocycles. The van der Waals surface area contributed by atoms with E-state index in [1.807, 2.05) is 26.5 Å². The van der Waals surface area contributed by atoms with Crippen LogP contribution in [0, 0.1) is 57.7 Å². The quantitative estimate of drug-likeness (QED) is 0.0419. The van der Waals surface area contributed by atoms with Crippen LogP contribution in [-0.4, -0.2) is 76.3 Å². The smallest absolute Gasteiger partial charge is 0.259 e. The Hall–Kier alpha value is -0.820. The predicted molar refractivity (Wildman–Crippen MR) is 263 cm³/mol. The number of carbonyl (C=O) groups is 2. The predicted octanol–water partition coefficient (Wildman–Crippen LogP) is 13.5. The molecule has 0 spiro atoms. The van der Waals surface area contributed by atoms with E-state index in [0.29, 0.717) is 55.0 Å². The lowest BCUT2D eigenvalue weighted by Crippen LogP contribution is -2.50. The molecule has 11 atom stereocenters.